The second kappa shape index (κ2) is 8.12. The van der Waals surface area contributed by atoms with Gasteiger partial charge in [-0.3, -0.25) is 0 Å². The summed E-state index contributed by atoms with van der Waals surface area (Å²) in [5, 5.41) is 0.799. The highest BCUT2D eigenvalue weighted by atomic mass is 32.2. The van der Waals surface area contributed by atoms with Crippen molar-refractivity contribution in [3.05, 3.63) is 65.4 Å². The maximum atomic E-state index is 13.6. The first kappa shape index (κ1) is 23.6. The van der Waals surface area contributed by atoms with Gasteiger partial charge >= 0.3 is 5.97 Å². The number of sulfonamides is 1. The predicted octanol–water partition coefficient (Wildman–Crippen LogP) is 2.99. The third-order valence-electron chi connectivity index (χ3n) is 7.24. The second-order valence-electron chi connectivity index (χ2n) is 10.1. The molecule has 3 aliphatic rings. The lowest BCUT2D eigenvalue weighted by atomic mass is 9.76. The van der Waals surface area contributed by atoms with Crippen molar-refractivity contribution >= 4 is 26.9 Å². The van der Waals surface area contributed by atoms with Gasteiger partial charge in [-0.05, 0) is 44.5 Å². The summed E-state index contributed by atoms with van der Waals surface area (Å²) in [6, 6.07) is 13.4. The number of nitrogens with one attached hydrogen (secondary N) is 2. The molecule has 2 saturated heterocycles. The zero-order valence-corrected chi connectivity index (χ0v) is 21.2. The van der Waals surface area contributed by atoms with E-state index in [4.69, 9.17) is 18.9 Å². The lowest BCUT2D eigenvalue weighted by Crippen LogP contribution is -2.56. The topological polar surface area (TPSA) is 119 Å². The Hall–Kier alpha value is -2.76. The Morgan fingerprint density at radius 2 is 1.69 bits per heavy atom. The van der Waals surface area contributed by atoms with Gasteiger partial charge < -0.3 is 23.9 Å². The number of hydrogen-bond donors (Lipinski definition) is 2. The van der Waals surface area contributed by atoms with E-state index in [1.807, 2.05) is 31.2 Å². The van der Waals surface area contributed by atoms with E-state index in [-0.39, 0.29) is 22.8 Å². The number of para-hydroxylation sites is 1. The van der Waals surface area contributed by atoms with Gasteiger partial charge in [0, 0.05) is 16.8 Å². The fourth-order valence-electron chi connectivity index (χ4n) is 5.67. The van der Waals surface area contributed by atoms with Crippen molar-refractivity contribution in [1.29, 1.82) is 0 Å². The Labute approximate surface area is 209 Å². The molecule has 6 atom stereocenters. The van der Waals surface area contributed by atoms with E-state index in [0.29, 0.717) is 5.56 Å². The highest BCUT2D eigenvalue weighted by molar-refractivity contribution is 7.89. The van der Waals surface area contributed by atoms with Crippen molar-refractivity contribution in [2.24, 2.45) is 0 Å². The molecule has 1 aliphatic carbocycles. The van der Waals surface area contributed by atoms with Crippen LogP contribution in [0.3, 0.4) is 0 Å². The molecule has 1 aromatic heterocycles. The standard InChI is InChI=1S/C26H28N2O7S/c1-13-9-11-14(12-10-13)36(30,31)28-19-18(21-23(33-21)24-22(19)34-26(2,3)35-24)17-15-7-5-6-8-16(15)27-20(17)25(29)32-4/h5-12,18-19,21-24,27-28H,1-4H3/t18-,19-,21-,22+,23-,24+/m1/s1. The Kier molecular flexibility index (Phi) is 5.33. The number of benzene rings is 2. The molecule has 2 aromatic carbocycles. The number of carbonyl (C=O) groups excluding carboxylic acids is 1. The molecule has 0 unspecified atom stereocenters. The van der Waals surface area contributed by atoms with Crippen LogP contribution in [0, 0.1) is 6.92 Å². The molecule has 0 spiro atoms. The van der Waals surface area contributed by atoms with Crippen LogP contribution in [0.2, 0.25) is 0 Å². The summed E-state index contributed by atoms with van der Waals surface area (Å²) in [5.41, 5.74) is 2.62. The molecule has 9 nitrogen and oxygen atoms in total. The van der Waals surface area contributed by atoms with Crippen LogP contribution in [0.4, 0.5) is 0 Å². The number of carbonyl (C=O) groups is 1. The molecule has 0 amide bonds. The van der Waals surface area contributed by atoms with Gasteiger partial charge in [0.25, 0.3) is 0 Å². The summed E-state index contributed by atoms with van der Waals surface area (Å²) >= 11 is 0. The summed E-state index contributed by atoms with van der Waals surface area (Å²) in [5.74, 6) is -1.98. The molecule has 36 heavy (non-hydrogen) atoms. The molecule has 6 rings (SSSR count). The van der Waals surface area contributed by atoms with Gasteiger partial charge in [0.05, 0.1) is 24.2 Å². The van der Waals surface area contributed by atoms with E-state index in [9.17, 15) is 13.2 Å². The number of H-pyrrole nitrogens is 1. The SMILES string of the molecule is COC(=O)c1[nH]c2ccccc2c1[C@@H]1[C@@H](NS(=O)(=O)c2ccc(C)cc2)[C@@H]2OC(C)(C)O[C@@H]2[C@@H]2O[C@@H]21. The third kappa shape index (κ3) is 3.75. The largest absolute Gasteiger partial charge is 0.464 e. The quantitative estimate of drug-likeness (QED) is 0.398. The third-order valence-corrected chi connectivity index (χ3v) is 8.71. The first-order valence-electron chi connectivity index (χ1n) is 11.9. The van der Waals surface area contributed by atoms with Gasteiger partial charge in [0.2, 0.25) is 10.0 Å². The van der Waals surface area contributed by atoms with Crippen molar-refractivity contribution in [3.8, 4) is 0 Å². The van der Waals surface area contributed by atoms with Gasteiger partial charge in [-0.25, -0.2) is 17.9 Å². The average Bonchev–Trinajstić information content (AvgIpc) is 3.43. The van der Waals surface area contributed by atoms with E-state index in [2.05, 4.69) is 9.71 Å². The van der Waals surface area contributed by atoms with Gasteiger partial charge in [-0.2, -0.15) is 0 Å². The monoisotopic (exact) mass is 512 g/mol. The van der Waals surface area contributed by atoms with E-state index in [0.717, 1.165) is 16.5 Å². The van der Waals surface area contributed by atoms with Gasteiger partial charge in [0.1, 0.15) is 24.0 Å². The van der Waals surface area contributed by atoms with E-state index in [1.54, 1.807) is 38.1 Å². The molecule has 2 N–H and O–H groups in total. The maximum absolute atomic E-state index is 13.6. The van der Waals surface area contributed by atoms with Crippen molar-refractivity contribution in [3.63, 3.8) is 0 Å². The molecule has 0 bridgehead atoms. The fourth-order valence-corrected chi connectivity index (χ4v) is 6.94. The number of esters is 1. The zero-order valence-electron chi connectivity index (χ0n) is 20.3. The van der Waals surface area contributed by atoms with Crippen LogP contribution in [0.25, 0.3) is 10.9 Å². The first-order valence-corrected chi connectivity index (χ1v) is 13.4. The number of epoxide rings is 1. The number of aryl methyl sites for hydroxylation is 1. The van der Waals surface area contributed by atoms with Crippen LogP contribution in [-0.2, 0) is 29.0 Å². The predicted molar refractivity (Wildman–Crippen MR) is 130 cm³/mol. The number of rotatable bonds is 5. The van der Waals surface area contributed by atoms with Crippen LogP contribution in [0.1, 0.15) is 41.4 Å². The summed E-state index contributed by atoms with van der Waals surface area (Å²) in [6.45, 7) is 5.50. The normalized spacial score (nSPS) is 30.6. The Balaban J connectivity index is 1.50. The molecular formula is C26H28N2O7S. The van der Waals surface area contributed by atoms with Gasteiger partial charge in [-0.15, -0.1) is 0 Å². The molecule has 3 fully saturated rings. The molecule has 2 aliphatic heterocycles. The Morgan fingerprint density at radius 3 is 2.42 bits per heavy atom. The summed E-state index contributed by atoms with van der Waals surface area (Å²) < 4.78 is 53.7. The van der Waals surface area contributed by atoms with Crippen molar-refractivity contribution in [2.45, 2.75) is 67.8 Å². The fraction of sp³-hybridized carbons (Fsp3) is 0.423. The summed E-state index contributed by atoms with van der Waals surface area (Å²) in [7, 11) is -2.62. The number of methoxy groups -OCH3 is 1. The number of fused-ring (bicyclic) bond motifs is 4. The van der Waals surface area contributed by atoms with Crippen LogP contribution in [0.15, 0.2) is 53.4 Å². The minimum absolute atomic E-state index is 0.146. The highest BCUT2D eigenvalue weighted by Gasteiger charge is 2.67. The van der Waals surface area contributed by atoms with Crippen LogP contribution < -0.4 is 4.72 Å². The molecule has 3 aromatic rings. The number of aromatic amines is 1. The highest BCUT2D eigenvalue weighted by Crippen LogP contribution is 2.54. The summed E-state index contributed by atoms with van der Waals surface area (Å²) in [6.07, 6.45) is -1.72. The van der Waals surface area contributed by atoms with E-state index in [1.165, 1.54) is 7.11 Å². The Bertz CT molecular complexity index is 1450. The maximum Gasteiger partial charge on any atom is 0.354 e. The molecular weight excluding hydrogens is 484 g/mol. The molecule has 1 saturated carbocycles. The molecule has 0 radical (unpaired) electrons. The van der Waals surface area contributed by atoms with Crippen molar-refractivity contribution in [2.75, 3.05) is 7.11 Å². The zero-order chi connectivity index (χ0) is 25.4. The summed E-state index contributed by atoms with van der Waals surface area (Å²) in [4.78, 5) is 16.2. The van der Waals surface area contributed by atoms with E-state index >= 15 is 0 Å². The first-order chi connectivity index (χ1) is 17.1. The van der Waals surface area contributed by atoms with E-state index < -0.39 is 45.9 Å². The minimum atomic E-state index is -3.94. The van der Waals surface area contributed by atoms with Crippen LogP contribution >= 0.6 is 0 Å². The van der Waals surface area contributed by atoms with Crippen molar-refractivity contribution in [1.82, 2.24) is 9.71 Å². The Morgan fingerprint density at radius 1 is 1.00 bits per heavy atom. The molecule has 3 heterocycles. The van der Waals surface area contributed by atoms with Gasteiger partial charge in [-0.1, -0.05) is 35.9 Å². The van der Waals surface area contributed by atoms with Crippen LogP contribution in [-0.4, -0.2) is 62.7 Å². The number of hydrogen-bond acceptors (Lipinski definition) is 7. The smallest absolute Gasteiger partial charge is 0.354 e. The number of ether oxygens (including phenoxy) is 4. The molecule has 190 valence electrons. The van der Waals surface area contributed by atoms with Crippen LogP contribution in [0.5, 0.6) is 0 Å². The second-order valence-corrected chi connectivity index (χ2v) is 11.8. The molecule has 10 heteroatoms. The average molecular weight is 513 g/mol. The number of aromatic nitrogens is 1. The lowest BCUT2D eigenvalue weighted by Gasteiger charge is -2.36. The van der Waals surface area contributed by atoms with Gasteiger partial charge in [0.15, 0.2) is 5.79 Å². The minimum Gasteiger partial charge on any atom is -0.464 e. The van der Waals surface area contributed by atoms with Crippen molar-refractivity contribution < 1.29 is 32.2 Å². The lowest BCUT2D eigenvalue weighted by molar-refractivity contribution is -0.149.